The van der Waals surface area contributed by atoms with Crippen LogP contribution in [-0.4, -0.2) is 99.6 Å². The Labute approximate surface area is 279 Å². The van der Waals surface area contributed by atoms with Gasteiger partial charge in [-0.25, -0.2) is 0 Å². The number of carbonyl (C=O) groups excluding carboxylic acids is 2. The number of hydrogen-bond donors (Lipinski definition) is 7. The molecule has 0 spiro atoms. The van der Waals surface area contributed by atoms with Gasteiger partial charge in [-0.1, -0.05) is 35.3 Å². The van der Waals surface area contributed by atoms with Crippen LogP contribution in [0.3, 0.4) is 0 Å². The number of aliphatic hydroxyl groups excluding tert-OH is 5. The van der Waals surface area contributed by atoms with E-state index in [1.807, 2.05) is 35.2 Å². The number of unbranched alkanes of at least 4 members (excludes halogenated alkanes) is 1. The SMILES string of the molecule is O=C(CCCCc1cc(Cl)c(CNC2(C(=O)N3CCN(C4CC4)c4ccccc43)CC2)cc1Cl)NC[C@H](O)[C@@H](O)[C@H](O)[C@H](O)CO. The van der Waals surface area contributed by atoms with E-state index < -0.39 is 36.6 Å². The van der Waals surface area contributed by atoms with Gasteiger partial charge in [0, 0.05) is 48.7 Å². The summed E-state index contributed by atoms with van der Waals surface area (Å²) < 4.78 is 0. The van der Waals surface area contributed by atoms with Gasteiger partial charge in [-0.05, 0) is 80.3 Å². The molecule has 11 nitrogen and oxygen atoms in total. The normalized spacial score (nSPS) is 19.6. The predicted octanol–water partition coefficient (Wildman–Crippen LogP) is 1.90. The molecular formula is C33H44Cl2N4O7. The van der Waals surface area contributed by atoms with Gasteiger partial charge in [0.2, 0.25) is 11.8 Å². The van der Waals surface area contributed by atoms with Crippen LogP contribution in [-0.2, 0) is 22.6 Å². The minimum absolute atomic E-state index is 0.0991. The Morgan fingerprint density at radius 1 is 0.913 bits per heavy atom. The fourth-order valence-electron chi connectivity index (χ4n) is 6.02. The summed E-state index contributed by atoms with van der Waals surface area (Å²) in [6, 6.07) is 12.4. The van der Waals surface area contributed by atoms with Crippen molar-refractivity contribution in [2.45, 2.75) is 93.9 Å². The molecule has 1 heterocycles. The smallest absolute Gasteiger partial charge is 0.247 e. The van der Waals surface area contributed by atoms with Gasteiger partial charge in [-0.15, -0.1) is 0 Å². The molecule has 5 rings (SSSR count). The molecule has 1 aliphatic heterocycles. The third-order valence-corrected chi connectivity index (χ3v) is 9.91. The molecular weight excluding hydrogens is 635 g/mol. The van der Waals surface area contributed by atoms with Crippen molar-refractivity contribution in [2.24, 2.45) is 0 Å². The molecule has 0 aromatic heterocycles. The first-order chi connectivity index (χ1) is 22.0. The molecule has 7 N–H and O–H groups in total. The molecule has 0 radical (unpaired) electrons. The fourth-order valence-corrected chi connectivity index (χ4v) is 6.56. The molecule has 0 saturated heterocycles. The number of hydrogen-bond acceptors (Lipinski definition) is 9. The quantitative estimate of drug-likeness (QED) is 0.131. The largest absolute Gasteiger partial charge is 0.394 e. The maximum absolute atomic E-state index is 13.8. The lowest BCUT2D eigenvalue weighted by atomic mass is 10.0. The van der Waals surface area contributed by atoms with E-state index in [-0.39, 0.29) is 24.8 Å². The Kier molecular flexibility index (Phi) is 11.5. The van der Waals surface area contributed by atoms with Crippen molar-refractivity contribution < 1.29 is 35.1 Å². The molecule has 4 atom stereocenters. The van der Waals surface area contributed by atoms with Gasteiger partial charge < -0.3 is 40.6 Å². The van der Waals surface area contributed by atoms with E-state index in [1.165, 1.54) is 12.8 Å². The van der Waals surface area contributed by atoms with E-state index in [0.29, 0.717) is 48.4 Å². The topological polar surface area (TPSA) is 166 Å². The molecule has 0 unspecified atom stereocenters. The summed E-state index contributed by atoms with van der Waals surface area (Å²) in [6.45, 7) is 0.827. The number of nitrogens with zero attached hydrogens (tertiary/aromatic N) is 2. The molecule has 2 amide bonds. The summed E-state index contributed by atoms with van der Waals surface area (Å²) in [5.74, 6) is -0.243. The van der Waals surface area contributed by atoms with Crippen molar-refractivity contribution >= 4 is 46.4 Å². The summed E-state index contributed by atoms with van der Waals surface area (Å²) in [4.78, 5) is 30.4. The van der Waals surface area contributed by atoms with Crippen LogP contribution in [0.25, 0.3) is 0 Å². The summed E-state index contributed by atoms with van der Waals surface area (Å²) in [5, 5.41) is 54.8. The molecule has 13 heteroatoms. The molecule has 46 heavy (non-hydrogen) atoms. The Bertz CT molecular complexity index is 1390. The van der Waals surface area contributed by atoms with Crippen molar-refractivity contribution in [3.05, 3.63) is 57.6 Å². The lowest BCUT2D eigenvalue weighted by Crippen LogP contribution is -2.53. The van der Waals surface area contributed by atoms with Crippen LogP contribution in [0, 0.1) is 0 Å². The predicted molar refractivity (Wildman–Crippen MR) is 176 cm³/mol. The van der Waals surface area contributed by atoms with Gasteiger partial charge in [-0.2, -0.15) is 0 Å². The summed E-state index contributed by atoms with van der Waals surface area (Å²) in [5.41, 5.74) is 3.17. The van der Waals surface area contributed by atoms with E-state index in [0.717, 1.165) is 41.9 Å². The molecule has 2 saturated carbocycles. The van der Waals surface area contributed by atoms with E-state index in [9.17, 15) is 30.0 Å². The average Bonchev–Trinajstić information content (AvgIpc) is 4.00. The Morgan fingerprint density at radius 3 is 2.24 bits per heavy atom. The van der Waals surface area contributed by atoms with Crippen molar-refractivity contribution in [2.75, 3.05) is 36.0 Å². The average molecular weight is 680 g/mol. The zero-order valence-corrected chi connectivity index (χ0v) is 27.3. The van der Waals surface area contributed by atoms with Gasteiger partial charge in [0.15, 0.2) is 0 Å². The Morgan fingerprint density at radius 2 is 1.57 bits per heavy atom. The highest BCUT2D eigenvalue weighted by molar-refractivity contribution is 6.34. The van der Waals surface area contributed by atoms with Crippen LogP contribution >= 0.6 is 23.2 Å². The van der Waals surface area contributed by atoms with Crippen LogP contribution in [0.1, 0.15) is 56.1 Å². The Hall–Kier alpha value is -2.48. The Balaban J connectivity index is 1.08. The molecule has 2 aliphatic carbocycles. The van der Waals surface area contributed by atoms with Crippen molar-refractivity contribution in [1.29, 1.82) is 0 Å². The standard InChI is InChI=1S/C33H44Cl2N4O7/c34-23-16-21(24(35)15-20(23)5-1-4-8-29(43)36-18-27(41)30(44)31(45)28(42)19-40)17-37-33(11-12-33)32(46)39-14-13-38(22-9-10-22)25-6-2-3-7-26(25)39/h2-3,6-7,15-16,22,27-28,30-31,37,40-42,44-45H,1,4-5,8-14,17-19H2,(H,36,43)/t27-,28+,30+,31+/m0/s1. The highest BCUT2D eigenvalue weighted by Crippen LogP contribution is 2.44. The van der Waals surface area contributed by atoms with Gasteiger partial charge in [0.25, 0.3) is 0 Å². The monoisotopic (exact) mass is 678 g/mol. The van der Waals surface area contributed by atoms with Crippen LogP contribution < -0.4 is 20.4 Å². The number of carbonyl (C=O) groups is 2. The van der Waals surface area contributed by atoms with E-state index >= 15 is 0 Å². The number of para-hydroxylation sites is 2. The second-order valence-electron chi connectivity index (χ2n) is 12.7. The van der Waals surface area contributed by atoms with E-state index in [1.54, 1.807) is 0 Å². The molecule has 0 bridgehead atoms. The zero-order valence-electron chi connectivity index (χ0n) is 25.7. The lowest BCUT2D eigenvalue weighted by Gasteiger charge is -2.39. The molecule has 2 aromatic rings. The van der Waals surface area contributed by atoms with Crippen molar-refractivity contribution in [3.63, 3.8) is 0 Å². The maximum atomic E-state index is 13.8. The van der Waals surface area contributed by atoms with Gasteiger partial charge >= 0.3 is 0 Å². The number of aliphatic hydroxyl groups is 5. The highest BCUT2D eigenvalue weighted by atomic mass is 35.5. The summed E-state index contributed by atoms with van der Waals surface area (Å²) in [6.07, 6.45) is -0.680. The van der Waals surface area contributed by atoms with Crippen LogP contribution in [0.5, 0.6) is 0 Å². The zero-order chi connectivity index (χ0) is 33.0. The third-order valence-electron chi connectivity index (χ3n) is 9.21. The summed E-state index contributed by atoms with van der Waals surface area (Å²) >= 11 is 13.3. The van der Waals surface area contributed by atoms with Gasteiger partial charge in [-0.3, -0.25) is 14.9 Å². The lowest BCUT2D eigenvalue weighted by molar-refractivity contribution is -0.126. The van der Waals surface area contributed by atoms with Crippen LogP contribution in [0.2, 0.25) is 10.0 Å². The number of benzene rings is 2. The number of amides is 2. The number of anilines is 2. The first-order valence-corrected chi connectivity index (χ1v) is 16.8. The first-order valence-electron chi connectivity index (χ1n) is 16.0. The minimum atomic E-state index is -1.75. The number of aryl methyl sites for hydroxylation is 1. The van der Waals surface area contributed by atoms with Gasteiger partial charge in [0.1, 0.15) is 18.3 Å². The van der Waals surface area contributed by atoms with Gasteiger partial charge in [0.05, 0.1) is 29.6 Å². The molecule has 2 aromatic carbocycles. The van der Waals surface area contributed by atoms with Crippen molar-refractivity contribution in [3.8, 4) is 0 Å². The number of nitrogens with one attached hydrogen (secondary N) is 2. The van der Waals surface area contributed by atoms with Crippen LogP contribution in [0.15, 0.2) is 36.4 Å². The number of fused-ring (bicyclic) bond motifs is 1. The minimum Gasteiger partial charge on any atom is -0.394 e. The highest BCUT2D eigenvalue weighted by Gasteiger charge is 2.52. The van der Waals surface area contributed by atoms with Crippen molar-refractivity contribution in [1.82, 2.24) is 10.6 Å². The van der Waals surface area contributed by atoms with E-state index in [2.05, 4.69) is 21.6 Å². The summed E-state index contributed by atoms with van der Waals surface area (Å²) in [7, 11) is 0. The van der Waals surface area contributed by atoms with Crippen LogP contribution in [0.4, 0.5) is 11.4 Å². The molecule has 3 aliphatic rings. The second kappa shape index (κ2) is 15.2. The fraction of sp³-hybridized carbons (Fsp3) is 0.576. The third kappa shape index (κ3) is 8.14. The van der Waals surface area contributed by atoms with E-state index in [4.69, 9.17) is 28.3 Å². The molecule has 252 valence electrons. The molecule has 2 fully saturated rings. The number of rotatable bonds is 16. The second-order valence-corrected chi connectivity index (χ2v) is 13.5. The number of halogens is 2. The first kappa shape index (κ1) is 34.8. The maximum Gasteiger partial charge on any atom is 0.247 e.